The first kappa shape index (κ1) is 12.0. The average molecular weight is 321 g/mol. The smallest absolute Gasteiger partial charge is 0.310 e. The summed E-state index contributed by atoms with van der Waals surface area (Å²) in [6.45, 7) is 0. The molecule has 0 radical (unpaired) electrons. The van der Waals surface area contributed by atoms with Crippen molar-refractivity contribution < 1.29 is 9.90 Å². The second-order valence-electron chi connectivity index (χ2n) is 6.56. The van der Waals surface area contributed by atoms with Crippen molar-refractivity contribution in [3.05, 3.63) is 34.3 Å². The van der Waals surface area contributed by atoms with E-state index in [0.717, 1.165) is 36.6 Å². The van der Waals surface area contributed by atoms with Crippen LogP contribution in [0.15, 0.2) is 28.7 Å². The van der Waals surface area contributed by atoms with Crippen LogP contribution in [0.1, 0.15) is 44.1 Å². The maximum absolute atomic E-state index is 11.8. The Morgan fingerprint density at radius 2 is 1.58 bits per heavy atom. The third-order valence-electron chi connectivity index (χ3n) is 6.57. The maximum atomic E-state index is 11.8. The van der Waals surface area contributed by atoms with Crippen LogP contribution in [0, 0.1) is 10.8 Å². The third kappa shape index (κ3) is 1.09. The number of hydrogen-bond donors (Lipinski definition) is 1. The molecular weight excluding hydrogens is 304 g/mol. The van der Waals surface area contributed by atoms with E-state index in [-0.39, 0.29) is 10.8 Å². The zero-order chi connectivity index (χ0) is 13.3. The third-order valence-corrected chi connectivity index (χ3v) is 7.10. The van der Waals surface area contributed by atoms with E-state index in [4.69, 9.17) is 0 Å². The molecule has 3 heteroatoms. The van der Waals surface area contributed by atoms with Crippen molar-refractivity contribution in [2.24, 2.45) is 10.8 Å². The zero-order valence-electron chi connectivity index (χ0n) is 10.8. The fourth-order valence-electron chi connectivity index (χ4n) is 5.43. The largest absolute Gasteiger partial charge is 0.481 e. The van der Waals surface area contributed by atoms with Crippen LogP contribution in [0.3, 0.4) is 0 Å². The molecule has 3 aliphatic carbocycles. The van der Waals surface area contributed by atoms with Crippen molar-refractivity contribution in [3.8, 4) is 0 Å². The molecule has 2 nitrogen and oxygen atoms in total. The number of carboxylic acid groups (broad SMARTS) is 1. The standard InChI is InChI=1S/C16H17BrO2/c17-12-3-1-11(2-4-12)14-5-6-15(13(18)19)8-10-16(14,15)9-7-14/h1-4H,5-10H2,(H,18,19). The molecular formula is C16H17BrO2. The molecule has 0 saturated heterocycles. The molecule has 3 saturated carbocycles. The Bertz CT molecular complexity index is 563. The van der Waals surface area contributed by atoms with E-state index in [9.17, 15) is 9.90 Å². The Kier molecular flexibility index (Phi) is 2.16. The van der Waals surface area contributed by atoms with E-state index < -0.39 is 11.4 Å². The highest BCUT2D eigenvalue weighted by Crippen LogP contribution is 2.82. The fourth-order valence-corrected chi connectivity index (χ4v) is 5.69. The van der Waals surface area contributed by atoms with Gasteiger partial charge in [-0.05, 0) is 61.6 Å². The molecule has 0 aromatic heterocycles. The van der Waals surface area contributed by atoms with Gasteiger partial charge in [0.15, 0.2) is 0 Å². The topological polar surface area (TPSA) is 37.3 Å². The highest BCUT2D eigenvalue weighted by atomic mass is 79.9. The second kappa shape index (κ2) is 3.43. The predicted molar refractivity (Wildman–Crippen MR) is 76.0 cm³/mol. The minimum atomic E-state index is -0.544. The van der Waals surface area contributed by atoms with Gasteiger partial charge in [0.2, 0.25) is 0 Å². The van der Waals surface area contributed by atoms with E-state index in [1.165, 1.54) is 12.0 Å². The fraction of sp³-hybridized carbons (Fsp3) is 0.562. The molecule has 4 rings (SSSR count). The summed E-state index contributed by atoms with van der Waals surface area (Å²) in [7, 11) is 0. The van der Waals surface area contributed by atoms with E-state index in [2.05, 4.69) is 40.2 Å². The second-order valence-corrected chi connectivity index (χ2v) is 7.47. The van der Waals surface area contributed by atoms with Gasteiger partial charge in [0.1, 0.15) is 0 Å². The van der Waals surface area contributed by atoms with Gasteiger partial charge in [-0.3, -0.25) is 4.79 Å². The van der Waals surface area contributed by atoms with Gasteiger partial charge in [-0.1, -0.05) is 28.1 Å². The molecule has 1 spiro atoms. The number of rotatable bonds is 2. The number of carboxylic acids is 1. The van der Waals surface area contributed by atoms with Crippen molar-refractivity contribution in [3.63, 3.8) is 0 Å². The normalized spacial score (nSPS) is 42.8. The summed E-state index contributed by atoms with van der Waals surface area (Å²) in [6.07, 6.45) is 6.20. The molecule has 19 heavy (non-hydrogen) atoms. The average Bonchev–Trinajstić information content (AvgIpc) is 2.45. The van der Waals surface area contributed by atoms with Crippen LogP contribution in [0.25, 0.3) is 0 Å². The van der Waals surface area contributed by atoms with Crippen molar-refractivity contribution in [1.82, 2.24) is 0 Å². The van der Waals surface area contributed by atoms with Crippen molar-refractivity contribution >= 4 is 21.9 Å². The number of benzene rings is 1. The number of carbonyl (C=O) groups is 1. The summed E-state index contributed by atoms with van der Waals surface area (Å²) in [5, 5.41) is 9.71. The van der Waals surface area contributed by atoms with Gasteiger partial charge in [-0.2, -0.15) is 0 Å². The molecule has 3 atom stereocenters. The van der Waals surface area contributed by atoms with Crippen LogP contribution in [0.4, 0.5) is 0 Å². The minimum Gasteiger partial charge on any atom is -0.481 e. The lowest BCUT2D eigenvalue weighted by Gasteiger charge is -2.67. The first-order valence-electron chi connectivity index (χ1n) is 7.06. The van der Waals surface area contributed by atoms with Crippen LogP contribution in [-0.2, 0) is 10.2 Å². The first-order chi connectivity index (χ1) is 9.06. The molecule has 1 N–H and O–H groups in total. The molecule has 100 valence electrons. The lowest BCUT2D eigenvalue weighted by atomic mass is 9.35. The van der Waals surface area contributed by atoms with Gasteiger partial charge >= 0.3 is 5.97 Å². The molecule has 0 bridgehead atoms. The molecule has 3 unspecified atom stereocenters. The summed E-state index contributed by atoms with van der Waals surface area (Å²) in [4.78, 5) is 11.8. The van der Waals surface area contributed by atoms with Gasteiger partial charge in [0.25, 0.3) is 0 Å². The number of hydrogen-bond acceptors (Lipinski definition) is 1. The summed E-state index contributed by atoms with van der Waals surface area (Å²) in [5.74, 6) is -0.544. The Morgan fingerprint density at radius 3 is 2.05 bits per heavy atom. The molecule has 3 aliphatic rings. The van der Waals surface area contributed by atoms with E-state index in [1.54, 1.807) is 0 Å². The molecule has 1 aromatic carbocycles. The lowest BCUT2D eigenvalue weighted by molar-refractivity contribution is -0.196. The van der Waals surface area contributed by atoms with Gasteiger partial charge < -0.3 is 5.11 Å². The first-order valence-corrected chi connectivity index (χ1v) is 7.85. The molecule has 0 heterocycles. The summed E-state index contributed by atoms with van der Waals surface area (Å²) < 4.78 is 1.09. The molecule has 0 aliphatic heterocycles. The summed E-state index contributed by atoms with van der Waals surface area (Å²) in [6, 6.07) is 8.58. The number of aliphatic carboxylic acids is 1. The lowest BCUT2D eigenvalue weighted by Crippen LogP contribution is -2.65. The van der Waals surface area contributed by atoms with Crippen molar-refractivity contribution in [1.29, 1.82) is 0 Å². The molecule has 1 aromatic rings. The van der Waals surface area contributed by atoms with Gasteiger partial charge in [0.05, 0.1) is 5.41 Å². The Balaban J connectivity index is 1.82. The van der Waals surface area contributed by atoms with Crippen LogP contribution in [-0.4, -0.2) is 11.1 Å². The molecule has 3 fully saturated rings. The van der Waals surface area contributed by atoms with Gasteiger partial charge in [-0.25, -0.2) is 0 Å². The predicted octanol–water partition coefficient (Wildman–Crippen LogP) is 4.13. The van der Waals surface area contributed by atoms with Crippen LogP contribution >= 0.6 is 15.9 Å². The van der Waals surface area contributed by atoms with Gasteiger partial charge in [0, 0.05) is 9.89 Å². The van der Waals surface area contributed by atoms with E-state index in [0.29, 0.717) is 0 Å². The molecule has 0 amide bonds. The van der Waals surface area contributed by atoms with Crippen molar-refractivity contribution in [2.45, 2.75) is 43.9 Å². The summed E-state index contributed by atoms with van der Waals surface area (Å²) >= 11 is 3.48. The van der Waals surface area contributed by atoms with Crippen molar-refractivity contribution in [2.75, 3.05) is 0 Å². The SMILES string of the molecule is O=C(O)C12CCC3(c4ccc(Br)cc4)CCC13CC2. The Morgan fingerprint density at radius 1 is 1.00 bits per heavy atom. The monoisotopic (exact) mass is 320 g/mol. The van der Waals surface area contributed by atoms with E-state index >= 15 is 0 Å². The van der Waals surface area contributed by atoms with E-state index in [1.807, 2.05) is 0 Å². The maximum Gasteiger partial charge on any atom is 0.310 e. The zero-order valence-corrected chi connectivity index (χ0v) is 12.4. The van der Waals surface area contributed by atoms with Crippen LogP contribution < -0.4 is 0 Å². The highest BCUT2D eigenvalue weighted by Gasteiger charge is 2.79. The number of halogens is 1. The van der Waals surface area contributed by atoms with Crippen LogP contribution in [0.5, 0.6) is 0 Å². The Labute approximate surface area is 121 Å². The Hall–Kier alpha value is -0.830. The quantitative estimate of drug-likeness (QED) is 0.889. The highest BCUT2D eigenvalue weighted by molar-refractivity contribution is 9.10. The van der Waals surface area contributed by atoms with Gasteiger partial charge in [-0.15, -0.1) is 0 Å². The van der Waals surface area contributed by atoms with Crippen LogP contribution in [0.2, 0.25) is 0 Å². The minimum absolute atomic E-state index is 0.0691. The summed E-state index contributed by atoms with van der Waals surface area (Å²) in [5.41, 5.74) is 1.19.